The van der Waals surface area contributed by atoms with Gasteiger partial charge in [0.25, 0.3) is 0 Å². The number of rotatable bonds is 6. The Hall–Kier alpha value is -4.23. The van der Waals surface area contributed by atoms with Crippen molar-refractivity contribution >= 4 is 17.8 Å². The van der Waals surface area contributed by atoms with Crippen LogP contribution in [0, 0.1) is 11.8 Å². The summed E-state index contributed by atoms with van der Waals surface area (Å²) in [5.41, 5.74) is 4.10. The molecular weight excluding hydrogens is 552 g/mol. The van der Waals surface area contributed by atoms with Crippen LogP contribution in [0.15, 0.2) is 97.1 Å². The lowest BCUT2D eigenvalue weighted by atomic mass is 9.92. The van der Waals surface area contributed by atoms with Crippen molar-refractivity contribution in [2.24, 2.45) is 11.8 Å². The van der Waals surface area contributed by atoms with Gasteiger partial charge in [0.1, 0.15) is 6.10 Å². The van der Waals surface area contributed by atoms with E-state index in [1.165, 1.54) is 0 Å². The van der Waals surface area contributed by atoms with E-state index in [0.29, 0.717) is 32.2 Å². The highest BCUT2D eigenvalue weighted by Gasteiger charge is 2.32. The van der Waals surface area contributed by atoms with Gasteiger partial charge >= 0.3 is 5.97 Å². The van der Waals surface area contributed by atoms with E-state index in [4.69, 9.17) is 4.74 Å². The molecule has 0 unspecified atom stereocenters. The number of esters is 1. The van der Waals surface area contributed by atoms with E-state index in [1.807, 2.05) is 97.1 Å². The van der Waals surface area contributed by atoms with Gasteiger partial charge in [-0.3, -0.25) is 14.4 Å². The molecule has 3 aromatic rings. The van der Waals surface area contributed by atoms with Crippen molar-refractivity contribution in [1.82, 2.24) is 10.2 Å². The Bertz CT molecular complexity index is 1420. The minimum absolute atomic E-state index is 0.0315. The zero-order valence-corrected chi connectivity index (χ0v) is 25.1. The lowest BCUT2D eigenvalue weighted by Gasteiger charge is -2.36. The van der Waals surface area contributed by atoms with Crippen LogP contribution in [0.25, 0.3) is 0 Å². The number of carbonyl (C=O) groups excluding carboxylic acids is 3. The monoisotopic (exact) mass is 594 g/mol. The number of allylic oxidation sites excluding steroid dienone is 2. The minimum atomic E-state index is -0.655. The highest BCUT2D eigenvalue weighted by molar-refractivity contribution is 5.86. The number of ether oxygens (including phenoxy) is 1. The van der Waals surface area contributed by atoms with Gasteiger partial charge in [-0.2, -0.15) is 0 Å². The van der Waals surface area contributed by atoms with Crippen molar-refractivity contribution in [3.05, 3.63) is 119 Å². The van der Waals surface area contributed by atoms with Crippen LogP contribution in [0.4, 0.5) is 0 Å². The maximum absolute atomic E-state index is 13.6. The summed E-state index contributed by atoms with van der Waals surface area (Å²) in [4.78, 5) is 42.5. The Morgan fingerprint density at radius 3 is 2.34 bits per heavy atom. The zero-order chi connectivity index (χ0) is 30.7. The predicted molar refractivity (Wildman–Crippen MR) is 169 cm³/mol. The standard InChI is InChI=1S/C37H42N2O5/c40-26-33-22-29-17-11-12-20-32(29)25-39(33)35(41)23-30-18-7-1-2-8-19-31(21-27-13-5-3-6-14-27)37(43)44-34(24-38-36(30)42)28-15-9-4-10-16-28/h1,3-7,9-17,20,30-31,33-34,40H,2,8,18-19,21-26H2,(H,38,42)/t30-,31-,33+,34+/m1/s1. The fourth-order valence-corrected chi connectivity index (χ4v) is 6.19. The first-order valence-electron chi connectivity index (χ1n) is 15.7. The summed E-state index contributed by atoms with van der Waals surface area (Å²) in [6, 6.07) is 27.1. The van der Waals surface area contributed by atoms with E-state index in [9.17, 15) is 19.5 Å². The molecule has 3 aromatic carbocycles. The van der Waals surface area contributed by atoms with Crippen LogP contribution in [0.3, 0.4) is 0 Å². The molecule has 2 N–H and O–H groups in total. The molecule has 7 nitrogen and oxygen atoms in total. The SMILES string of the molecule is O=C1NC[C@@H](c2ccccc2)OC(=O)[C@@H](Cc2ccccc2)CCCC=CC[C@@H]1CC(=O)N1Cc2ccccc2C[C@H]1CO. The summed E-state index contributed by atoms with van der Waals surface area (Å²) in [7, 11) is 0. The van der Waals surface area contributed by atoms with Crippen LogP contribution >= 0.6 is 0 Å². The van der Waals surface area contributed by atoms with Crippen LogP contribution in [-0.2, 0) is 38.5 Å². The highest BCUT2D eigenvalue weighted by Crippen LogP contribution is 2.27. The summed E-state index contributed by atoms with van der Waals surface area (Å²) < 4.78 is 6.11. The van der Waals surface area contributed by atoms with Crippen molar-refractivity contribution in [3.63, 3.8) is 0 Å². The van der Waals surface area contributed by atoms with Gasteiger partial charge in [0.15, 0.2) is 0 Å². The lowest BCUT2D eigenvalue weighted by molar-refractivity contribution is -0.155. The second-order valence-electron chi connectivity index (χ2n) is 11.8. The van der Waals surface area contributed by atoms with Gasteiger partial charge < -0.3 is 20.1 Å². The van der Waals surface area contributed by atoms with Gasteiger partial charge in [0.2, 0.25) is 11.8 Å². The number of benzene rings is 3. The quantitative estimate of drug-likeness (QED) is 0.297. The van der Waals surface area contributed by atoms with Gasteiger partial charge in [-0.15, -0.1) is 0 Å². The molecule has 44 heavy (non-hydrogen) atoms. The molecule has 4 atom stereocenters. The fourth-order valence-electron chi connectivity index (χ4n) is 6.19. The average Bonchev–Trinajstić information content (AvgIpc) is 3.06. The van der Waals surface area contributed by atoms with E-state index < -0.39 is 12.0 Å². The number of hydrogen-bond donors (Lipinski definition) is 2. The van der Waals surface area contributed by atoms with Crippen molar-refractivity contribution in [1.29, 1.82) is 0 Å². The summed E-state index contributed by atoms with van der Waals surface area (Å²) >= 11 is 0. The highest BCUT2D eigenvalue weighted by atomic mass is 16.5. The van der Waals surface area contributed by atoms with Crippen LogP contribution < -0.4 is 5.32 Å². The van der Waals surface area contributed by atoms with Gasteiger partial charge in [0.05, 0.1) is 31.0 Å². The van der Waals surface area contributed by atoms with E-state index in [1.54, 1.807) is 4.90 Å². The van der Waals surface area contributed by atoms with Crippen LogP contribution in [0.1, 0.15) is 60.5 Å². The van der Waals surface area contributed by atoms with Gasteiger partial charge in [0, 0.05) is 13.0 Å². The molecule has 2 aliphatic rings. The maximum atomic E-state index is 13.6. The Balaban J connectivity index is 1.32. The first-order chi connectivity index (χ1) is 21.5. The summed E-state index contributed by atoms with van der Waals surface area (Å²) in [5, 5.41) is 13.1. The Kier molecular flexibility index (Phi) is 11.0. The second-order valence-corrected chi connectivity index (χ2v) is 11.8. The predicted octanol–water partition coefficient (Wildman–Crippen LogP) is 5.33. The average molecular weight is 595 g/mol. The fraction of sp³-hybridized carbons (Fsp3) is 0.378. The number of aliphatic hydroxyl groups excluding tert-OH is 1. The van der Waals surface area contributed by atoms with Crippen LogP contribution in [0.2, 0.25) is 0 Å². The van der Waals surface area contributed by atoms with Crippen molar-refractivity contribution in [2.45, 2.75) is 63.6 Å². The molecule has 0 spiro atoms. The number of amides is 2. The van der Waals surface area contributed by atoms with Crippen molar-refractivity contribution < 1.29 is 24.2 Å². The first-order valence-corrected chi connectivity index (χ1v) is 15.7. The molecule has 0 aromatic heterocycles. The maximum Gasteiger partial charge on any atom is 0.309 e. The van der Waals surface area contributed by atoms with Crippen LogP contribution in [-0.4, -0.2) is 47.0 Å². The molecule has 230 valence electrons. The largest absolute Gasteiger partial charge is 0.455 e. The third-order valence-electron chi connectivity index (χ3n) is 8.74. The molecule has 2 amide bonds. The van der Waals surface area contributed by atoms with E-state index in [2.05, 4.69) is 5.32 Å². The summed E-state index contributed by atoms with van der Waals surface area (Å²) in [6.45, 7) is 0.393. The molecule has 0 bridgehead atoms. The molecule has 2 aliphatic heterocycles. The van der Waals surface area contributed by atoms with E-state index in [-0.39, 0.29) is 49.3 Å². The van der Waals surface area contributed by atoms with Crippen molar-refractivity contribution in [3.8, 4) is 0 Å². The molecular formula is C37H42N2O5. The molecule has 0 radical (unpaired) electrons. The normalized spacial score (nSPS) is 23.2. The second kappa shape index (κ2) is 15.5. The summed E-state index contributed by atoms with van der Waals surface area (Å²) in [5.74, 6) is -1.56. The molecule has 0 saturated carbocycles. The van der Waals surface area contributed by atoms with Crippen LogP contribution in [0.5, 0.6) is 0 Å². The zero-order valence-electron chi connectivity index (χ0n) is 25.1. The third-order valence-corrected chi connectivity index (χ3v) is 8.74. The molecule has 2 heterocycles. The Labute approximate surface area is 259 Å². The number of nitrogens with zero attached hydrogens (tertiary/aromatic N) is 1. The van der Waals surface area contributed by atoms with E-state index in [0.717, 1.165) is 35.1 Å². The molecule has 0 fully saturated rings. The lowest BCUT2D eigenvalue weighted by Crippen LogP contribution is -2.47. The Morgan fingerprint density at radius 2 is 1.59 bits per heavy atom. The molecule has 7 heteroatoms. The smallest absolute Gasteiger partial charge is 0.309 e. The minimum Gasteiger partial charge on any atom is -0.455 e. The third kappa shape index (κ3) is 8.23. The van der Waals surface area contributed by atoms with Crippen molar-refractivity contribution in [2.75, 3.05) is 13.2 Å². The van der Waals surface area contributed by atoms with E-state index >= 15 is 0 Å². The number of hydrogen-bond acceptors (Lipinski definition) is 5. The van der Waals surface area contributed by atoms with Gasteiger partial charge in [-0.25, -0.2) is 0 Å². The number of cyclic esters (lactones) is 1. The number of nitrogens with one attached hydrogen (secondary N) is 1. The summed E-state index contributed by atoms with van der Waals surface area (Å²) in [6.07, 6.45) is 7.27. The molecule has 5 rings (SSSR count). The Morgan fingerprint density at radius 1 is 0.886 bits per heavy atom. The van der Waals surface area contributed by atoms with Gasteiger partial charge in [-0.1, -0.05) is 97.1 Å². The first kappa shape index (κ1) is 31.2. The topological polar surface area (TPSA) is 95.9 Å². The number of aliphatic hydroxyl groups is 1. The number of fused-ring (bicyclic) bond motifs is 1. The number of carbonyl (C=O) groups is 3. The molecule has 0 saturated heterocycles. The van der Waals surface area contributed by atoms with Gasteiger partial charge in [-0.05, 0) is 60.8 Å². The molecule has 0 aliphatic carbocycles.